The number of halogens is 1. The molecule has 0 N–H and O–H groups in total. The molecule has 0 unspecified atom stereocenters. The molecule has 0 spiro atoms. The zero-order chi connectivity index (χ0) is 14.4. The van der Waals surface area contributed by atoms with Gasteiger partial charge in [0.15, 0.2) is 0 Å². The van der Waals surface area contributed by atoms with E-state index in [1.54, 1.807) is 18.0 Å². The molecule has 0 bridgehead atoms. The van der Waals surface area contributed by atoms with Crippen LogP contribution in [0.1, 0.15) is 23.2 Å². The molecule has 19 heavy (non-hydrogen) atoms. The number of nitrogens with zero attached hydrogens (tertiary/aromatic N) is 2. The van der Waals surface area contributed by atoms with Gasteiger partial charge >= 0.3 is 0 Å². The Morgan fingerprint density at radius 3 is 2.79 bits per heavy atom. The molecule has 0 aromatic heterocycles. The third kappa shape index (κ3) is 4.06. The summed E-state index contributed by atoms with van der Waals surface area (Å²) in [7, 11) is 1.68. The molecule has 0 saturated heterocycles. The Balaban J connectivity index is 2.80. The maximum absolute atomic E-state index is 12.0. The number of unbranched alkanes of at least 4 members (excludes halogenated alkanes) is 1. The van der Waals surface area contributed by atoms with Crippen LogP contribution in [0.3, 0.4) is 0 Å². The summed E-state index contributed by atoms with van der Waals surface area (Å²) < 4.78 is 0. The Morgan fingerprint density at radius 1 is 1.58 bits per heavy atom. The van der Waals surface area contributed by atoms with E-state index in [2.05, 4.69) is 6.58 Å². The lowest BCUT2D eigenvalue weighted by atomic mass is 10.1. The predicted molar refractivity (Wildman–Crippen MR) is 74.5 cm³/mol. The topological polar surface area (TPSA) is 63.5 Å². The molecule has 0 aliphatic carbocycles. The SMILES string of the molecule is C=CCCCN(C)C(=O)c1ccc([N+](=O)[O-])c(Cl)c1. The van der Waals surface area contributed by atoms with Crippen molar-refractivity contribution in [3.8, 4) is 0 Å². The van der Waals surface area contributed by atoms with E-state index >= 15 is 0 Å². The summed E-state index contributed by atoms with van der Waals surface area (Å²) in [5.41, 5.74) is 0.143. The zero-order valence-corrected chi connectivity index (χ0v) is 11.4. The fourth-order valence-electron chi connectivity index (χ4n) is 1.58. The predicted octanol–water partition coefficient (Wildman–Crippen LogP) is 3.29. The van der Waals surface area contributed by atoms with E-state index in [0.717, 1.165) is 12.8 Å². The van der Waals surface area contributed by atoms with Crippen molar-refractivity contribution in [2.45, 2.75) is 12.8 Å². The van der Waals surface area contributed by atoms with Gasteiger partial charge in [0.25, 0.3) is 11.6 Å². The van der Waals surface area contributed by atoms with Gasteiger partial charge in [-0.25, -0.2) is 0 Å². The molecule has 0 heterocycles. The number of hydrogen-bond donors (Lipinski definition) is 0. The largest absolute Gasteiger partial charge is 0.342 e. The molecule has 1 amide bonds. The van der Waals surface area contributed by atoms with Crippen LogP contribution < -0.4 is 0 Å². The smallest absolute Gasteiger partial charge is 0.287 e. The van der Waals surface area contributed by atoms with E-state index in [9.17, 15) is 14.9 Å². The molecule has 0 aliphatic heterocycles. The lowest BCUT2D eigenvalue weighted by Crippen LogP contribution is -2.27. The fraction of sp³-hybridized carbons (Fsp3) is 0.308. The number of nitro groups is 1. The molecular formula is C13H15ClN2O3. The lowest BCUT2D eigenvalue weighted by Gasteiger charge is -2.16. The summed E-state index contributed by atoms with van der Waals surface area (Å²) in [6.45, 7) is 4.21. The number of benzene rings is 1. The summed E-state index contributed by atoms with van der Waals surface area (Å²) >= 11 is 5.77. The van der Waals surface area contributed by atoms with Gasteiger partial charge in [0.05, 0.1) is 4.92 Å². The van der Waals surface area contributed by atoms with Gasteiger partial charge in [-0.3, -0.25) is 14.9 Å². The zero-order valence-electron chi connectivity index (χ0n) is 10.6. The van der Waals surface area contributed by atoms with Crippen molar-refractivity contribution >= 4 is 23.2 Å². The summed E-state index contributed by atoms with van der Waals surface area (Å²) in [6.07, 6.45) is 3.45. The second kappa shape index (κ2) is 6.89. The minimum Gasteiger partial charge on any atom is -0.342 e. The quantitative estimate of drug-likeness (QED) is 0.348. The minimum absolute atomic E-state index is 0.0321. The van der Waals surface area contributed by atoms with Crippen molar-refractivity contribution in [3.05, 3.63) is 51.6 Å². The molecule has 0 atom stereocenters. The number of rotatable bonds is 6. The number of allylic oxidation sites excluding steroid dienone is 1. The van der Waals surface area contributed by atoms with Gasteiger partial charge in [-0.2, -0.15) is 0 Å². The first-order valence-electron chi connectivity index (χ1n) is 5.77. The van der Waals surface area contributed by atoms with Crippen molar-refractivity contribution in [2.24, 2.45) is 0 Å². The Kier molecular flexibility index (Phi) is 5.51. The summed E-state index contributed by atoms with van der Waals surface area (Å²) in [5, 5.41) is 10.6. The number of carbonyl (C=O) groups is 1. The Bertz CT molecular complexity index is 503. The normalized spacial score (nSPS) is 10.0. The third-order valence-electron chi connectivity index (χ3n) is 2.64. The molecule has 0 saturated carbocycles. The van der Waals surface area contributed by atoms with E-state index in [0.29, 0.717) is 12.1 Å². The highest BCUT2D eigenvalue weighted by Crippen LogP contribution is 2.25. The Labute approximate surface area is 116 Å². The summed E-state index contributed by atoms with van der Waals surface area (Å²) in [6, 6.07) is 3.98. The Hall–Kier alpha value is -1.88. The monoisotopic (exact) mass is 282 g/mol. The van der Waals surface area contributed by atoms with Gasteiger partial charge in [0.2, 0.25) is 0 Å². The van der Waals surface area contributed by atoms with Gasteiger partial charge < -0.3 is 4.90 Å². The number of carbonyl (C=O) groups excluding carboxylic acids is 1. The maximum Gasteiger partial charge on any atom is 0.287 e. The first-order chi connectivity index (χ1) is 8.97. The first kappa shape index (κ1) is 15.2. The Morgan fingerprint density at radius 2 is 2.26 bits per heavy atom. The van der Waals surface area contributed by atoms with Gasteiger partial charge in [0.1, 0.15) is 5.02 Å². The molecule has 0 aliphatic rings. The molecule has 1 aromatic rings. The molecule has 102 valence electrons. The van der Waals surface area contributed by atoms with Gasteiger partial charge in [0, 0.05) is 25.2 Å². The maximum atomic E-state index is 12.0. The second-order valence-corrected chi connectivity index (χ2v) is 4.49. The highest BCUT2D eigenvalue weighted by atomic mass is 35.5. The van der Waals surface area contributed by atoms with E-state index in [4.69, 9.17) is 11.6 Å². The van der Waals surface area contributed by atoms with Gasteiger partial charge in [-0.1, -0.05) is 17.7 Å². The minimum atomic E-state index is -0.579. The van der Waals surface area contributed by atoms with Crippen LogP contribution in [0.4, 0.5) is 5.69 Å². The highest BCUT2D eigenvalue weighted by Gasteiger charge is 2.17. The van der Waals surface area contributed by atoms with E-state index in [1.165, 1.54) is 18.2 Å². The highest BCUT2D eigenvalue weighted by molar-refractivity contribution is 6.33. The van der Waals surface area contributed by atoms with Gasteiger partial charge in [-0.15, -0.1) is 6.58 Å². The van der Waals surface area contributed by atoms with Crippen molar-refractivity contribution < 1.29 is 9.72 Å². The van der Waals surface area contributed by atoms with Crippen LogP contribution in [0.15, 0.2) is 30.9 Å². The summed E-state index contributed by atoms with van der Waals surface area (Å²) in [4.78, 5) is 23.6. The number of nitro benzene ring substituents is 1. The molecule has 0 radical (unpaired) electrons. The van der Waals surface area contributed by atoms with Crippen LogP contribution >= 0.6 is 11.6 Å². The molecule has 6 heteroatoms. The van der Waals surface area contributed by atoms with Gasteiger partial charge in [-0.05, 0) is 25.0 Å². The lowest BCUT2D eigenvalue weighted by molar-refractivity contribution is -0.384. The third-order valence-corrected chi connectivity index (χ3v) is 2.94. The van der Waals surface area contributed by atoms with E-state index in [-0.39, 0.29) is 16.6 Å². The van der Waals surface area contributed by atoms with Crippen LogP contribution in [0.5, 0.6) is 0 Å². The van der Waals surface area contributed by atoms with Crippen LogP contribution in [0, 0.1) is 10.1 Å². The van der Waals surface area contributed by atoms with Crippen LogP contribution in [0.25, 0.3) is 0 Å². The molecule has 0 fully saturated rings. The van der Waals surface area contributed by atoms with Crippen molar-refractivity contribution in [3.63, 3.8) is 0 Å². The average molecular weight is 283 g/mol. The van der Waals surface area contributed by atoms with Crippen LogP contribution in [-0.4, -0.2) is 29.3 Å². The first-order valence-corrected chi connectivity index (χ1v) is 6.15. The number of hydrogen-bond acceptors (Lipinski definition) is 3. The molecule has 1 rings (SSSR count). The van der Waals surface area contributed by atoms with E-state index < -0.39 is 4.92 Å². The van der Waals surface area contributed by atoms with Crippen molar-refractivity contribution in [1.29, 1.82) is 0 Å². The average Bonchev–Trinajstić information content (AvgIpc) is 2.37. The molecular weight excluding hydrogens is 268 g/mol. The molecule has 5 nitrogen and oxygen atoms in total. The van der Waals surface area contributed by atoms with E-state index in [1.807, 2.05) is 0 Å². The van der Waals surface area contributed by atoms with Crippen molar-refractivity contribution in [1.82, 2.24) is 4.90 Å². The van der Waals surface area contributed by atoms with Crippen LogP contribution in [0.2, 0.25) is 5.02 Å². The van der Waals surface area contributed by atoms with Crippen LogP contribution in [-0.2, 0) is 0 Å². The standard InChI is InChI=1S/C13H15ClN2O3/c1-3-4-5-8-15(2)13(17)10-6-7-12(16(18)19)11(14)9-10/h3,6-7,9H,1,4-5,8H2,2H3. The molecule has 1 aromatic carbocycles. The van der Waals surface area contributed by atoms with Crippen molar-refractivity contribution in [2.75, 3.05) is 13.6 Å². The fourth-order valence-corrected chi connectivity index (χ4v) is 1.83. The number of amides is 1. The second-order valence-electron chi connectivity index (χ2n) is 4.08. The summed E-state index contributed by atoms with van der Waals surface area (Å²) in [5.74, 6) is -0.208.